The predicted molar refractivity (Wildman–Crippen MR) is 110 cm³/mol. The van der Waals surface area contributed by atoms with Gasteiger partial charge in [-0.3, -0.25) is 9.59 Å². The van der Waals surface area contributed by atoms with E-state index in [1.807, 2.05) is 32.0 Å². The number of esters is 1. The predicted octanol–water partition coefficient (Wildman–Crippen LogP) is 3.86. The number of nitrogens with zero attached hydrogens (tertiary/aromatic N) is 1. The largest absolute Gasteiger partial charge is 0.462 e. The average Bonchev–Trinajstić information content (AvgIpc) is 2.66. The molecule has 0 spiro atoms. The lowest BCUT2D eigenvalue weighted by molar-refractivity contribution is -0.117. The number of carbonyl (C=O) groups excluding carboxylic acids is 3. The third kappa shape index (κ3) is 5.19. The Labute approximate surface area is 165 Å². The molecule has 0 aliphatic heterocycles. The van der Waals surface area contributed by atoms with Crippen molar-refractivity contribution in [2.24, 2.45) is 0 Å². The summed E-state index contributed by atoms with van der Waals surface area (Å²) in [4.78, 5) is 38.2. The van der Waals surface area contributed by atoms with Gasteiger partial charge in [0.05, 0.1) is 17.9 Å². The van der Waals surface area contributed by atoms with E-state index in [1.54, 1.807) is 31.2 Å². The fourth-order valence-corrected chi connectivity index (χ4v) is 2.85. The topological polar surface area (TPSA) is 75.7 Å². The van der Waals surface area contributed by atoms with Crippen molar-refractivity contribution in [3.63, 3.8) is 0 Å². The Morgan fingerprint density at radius 1 is 1.04 bits per heavy atom. The normalized spacial score (nSPS) is 10.3. The van der Waals surface area contributed by atoms with Crippen LogP contribution in [0.25, 0.3) is 0 Å². The van der Waals surface area contributed by atoms with Crippen LogP contribution >= 0.6 is 0 Å². The number of hydrogen-bond acceptors (Lipinski definition) is 4. The van der Waals surface area contributed by atoms with Gasteiger partial charge in [-0.25, -0.2) is 4.79 Å². The van der Waals surface area contributed by atoms with Gasteiger partial charge in [0.2, 0.25) is 11.8 Å². The quantitative estimate of drug-likeness (QED) is 0.738. The van der Waals surface area contributed by atoms with Crippen molar-refractivity contribution < 1.29 is 19.1 Å². The molecule has 0 bridgehead atoms. The fraction of sp³-hybridized carbons (Fsp3) is 0.318. The first-order valence-electron chi connectivity index (χ1n) is 9.25. The molecule has 6 heteroatoms. The Morgan fingerprint density at radius 2 is 1.75 bits per heavy atom. The van der Waals surface area contributed by atoms with Gasteiger partial charge in [-0.05, 0) is 50.1 Å². The second-order valence-electron chi connectivity index (χ2n) is 6.45. The van der Waals surface area contributed by atoms with E-state index in [4.69, 9.17) is 4.74 Å². The van der Waals surface area contributed by atoms with E-state index in [1.165, 1.54) is 11.8 Å². The summed E-state index contributed by atoms with van der Waals surface area (Å²) in [5, 5.41) is 2.89. The Hall–Kier alpha value is -3.15. The summed E-state index contributed by atoms with van der Waals surface area (Å²) in [6.07, 6.45) is 0.101. The molecule has 0 unspecified atom stereocenters. The minimum absolute atomic E-state index is 0.101. The molecule has 2 amide bonds. The summed E-state index contributed by atoms with van der Waals surface area (Å²) >= 11 is 0. The lowest BCUT2D eigenvalue weighted by Gasteiger charge is -2.23. The van der Waals surface area contributed by atoms with Gasteiger partial charge < -0.3 is 15.0 Å². The van der Waals surface area contributed by atoms with Gasteiger partial charge in [-0.2, -0.15) is 0 Å². The van der Waals surface area contributed by atoms with E-state index >= 15 is 0 Å². The molecule has 0 heterocycles. The maximum absolute atomic E-state index is 12.4. The number of aryl methyl sites for hydroxylation is 1. The number of amides is 2. The van der Waals surface area contributed by atoms with E-state index in [0.717, 1.165) is 16.8 Å². The Morgan fingerprint density at radius 3 is 2.43 bits per heavy atom. The van der Waals surface area contributed by atoms with Crippen molar-refractivity contribution >= 4 is 29.2 Å². The number of ether oxygens (including phenoxy) is 1. The molecule has 2 aromatic carbocycles. The zero-order valence-corrected chi connectivity index (χ0v) is 16.7. The van der Waals surface area contributed by atoms with E-state index in [-0.39, 0.29) is 31.4 Å². The number of rotatable bonds is 7. The van der Waals surface area contributed by atoms with Gasteiger partial charge in [-0.15, -0.1) is 0 Å². The number of para-hydroxylation sites is 1. The Bertz CT molecular complexity index is 877. The van der Waals surface area contributed by atoms with Crippen molar-refractivity contribution in [3.8, 4) is 0 Å². The van der Waals surface area contributed by atoms with Gasteiger partial charge in [0, 0.05) is 25.6 Å². The summed E-state index contributed by atoms with van der Waals surface area (Å²) in [5.41, 5.74) is 3.59. The van der Waals surface area contributed by atoms with Crippen LogP contribution < -0.4 is 10.2 Å². The van der Waals surface area contributed by atoms with Crippen molar-refractivity contribution in [2.45, 2.75) is 34.1 Å². The fourth-order valence-electron chi connectivity index (χ4n) is 2.85. The molecular formula is C22H26N2O4. The zero-order valence-electron chi connectivity index (χ0n) is 16.7. The highest BCUT2D eigenvalue weighted by molar-refractivity contribution is 6.02. The van der Waals surface area contributed by atoms with E-state index in [9.17, 15) is 14.4 Å². The van der Waals surface area contributed by atoms with Crippen LogP contribution in [0, 0.1) is 13.8 Å². The first kappa shape index (κ1) is 21.2. The lowest BCUT2D eigenvalue weighted by Crippen LogP contribution is -2.33. The second kappa shape index (κ2) is 9.69. The number of hydrogen-bond donors (Lipinski definition) is 1. The third-order valence-corrected chi connectivity index (χ3v) is 4.51. The van der Waals surface area contributed by atoms with Gasteiger partial charge in [0.25, 0.3) is 0 Å². The molecular weight excluding hydrogens is 356 g/mol. The van der Waals surface area contributed by atoms with Gasteiger partial charge in [0.15, 0.2) is 0 Å². The van der Waals surface area contributed by atoms with Crippen LogP contribution in [0.15, 0.2) is 42.5 Å². The molecule has 0 radical (unpaired) electrons. The summed E-state index contributed by atoms with van der Waals surface area (Å²) in [6, 6.07) is 12.4. The molecule has 0 saturated heterocycles. The van der Waals surface area contributed by atoms with Crippen LogP contribution in [0.1, 0.15) is 41.8 Å². The molecule has 28 heavy (non-hydrogen) atoms. The summed E-state index contributed by atoms with van der Waals surface area (Å²) in [5.74, 6) is -0.950. The number of nitrogens with one attached hydrogen (secondary N) is 1. The SMILES string of the molecule is CCOC(=O)c1ccccc1N(CCC(=O)Nc1cccc(C)c1C)C(C)=O. The van der Waals surface area contributed by atoms with Crippen molar-refractivity contribution in [1.82, 2.24) is 0 Å². The Kier molecular flexibility index (Phi) is 7.32. The Balaban J connectivity index is 2.14. The molecule has 0 atom stereocenters. The third-order valence-electron chi connectivity index (χ3n) is 4.51. The number of carbonyl (C=O) groups is 3. The minimum Gasteiger partial charge on any atom is -0.462 e. The first-order valence-corrected chi connectivity index (χ1v) is 9.25. The highest BCUT2D eigenvalue weighted by Crippen LogP contribution is 2.23. The van der Waals surface area contributed by atoms with Crippen molar-refractivity contribution in [1.29, 1.82) is 0 Å². The zero-order chi connectivity index (χ0) is 20.7. The maximum Gasteiger partial charge on any atom is 0.340 e. The standard InChI is InChI=1S/C22H26N2O4/c1-5-28-22(27)18-10-6-7-12-20(18)24(17(4)25)14-13-21(26)23-19-11-8-9-15(2)16(19)3/h6-12H,5,13-14H2,1-4H3,(H,23,26). The van der Waals surface area contributed by atoms with Crippen LogP contribution in [-0.4, -0.2) is 30.9 Å². The molecule has 0 aromatic heterocycles. The highest BCUT2D eigenvalue weighted by Gasteiger charge is 2.21. The lowest BCUT2D eigenvalue weighted by atomic mass is 10.1. The molecule has 0 aliphatic rings. The monoisotopic (exact) mass is 382 g/mol. The molecule has 0 aliphatic carbocycles. The number of anilines is 2. The van der Waals surface area contributed by atoms with Crippen LogP contribution in [0.4, 0.5) is 11.4 Å². The summed E-state index contributed by atoms with van der Waals surface area (Å²) in [7, 11) is 0. The molecule has 0 saturated carbocycles. The second-order valence-corrected chi connectivity index (χ2v) is 6.45. The van der Waals surface area contributed by atoms with Gasteiger partial charge in [0.1, 0.15) is 0 Å². The highest BCUT2D eigenvalue weighted by atomic mass is 16.5. The molecule has 148 valence electrons. The van der Waals surface area contributed by atoms with Gasteiger partial charge in [-0.1, -0.05) is 24.3 Å². The van der Waals surface area contributed by atoms with Gasteiger partial charge >= 0.3 is 5.97 Å². The van der Waals surface area contributed by atoms with E-state index in [0.29, 0.717) is 11.3 Å². The molecule has 1 N–H and O–H groups in total. The van der Waals surface area contributed by atoms with Crippen LogP contribution in [0.2, 0.25) is 0 Å². The van der Waals surface area contributed by atoms with Crippen molar-refractivity contribution in [3.05, 3.63) is 59.2 Å². The van der Waals surface area contributed by atoms with Crippen LogP contribution in [-0.2, 0) is 14.3 Å². The molecule has 2 rings (SSSR count). The maximum atomic E-state index is 12.4. The average molecular weight is 382 g/mol. The molecule has 2 aromatic rings. The van der Waals surface area contributed by atoms with Crippen molar-refractivity contribution in [2.75, 3.05) is 23.4 Å². The van der Waals surface area contributed by atoms with E-state index < -0.39 is 5.97 Å². The summed E-state index contributed by atoms with van der Waals surface area (Å²) in [6.45, 7) is 7.45. The smallest absolute Gasteiger partial charge is 0.340 e. The molecule has 0 fully saturated rings. The summed E-state index contributed by atoms with van der Waals surface area (Å²) < 4.78 is 5.07. The van der Waals surface area contributed by atoms with E-state index in [2.05, 4.69) is 5.32 Å². The minimum atomic E-state index is -0.496. The first-order chi connectivity index (χ1) is 13.3. The molecule has 6 nitrogen and oxygen atoms in total. The van der Waals surface area contributed by atoms with Crippen LogP contribution in [0.3, 0.4) is 0 Å². The number of benzene rings is 2. The van der Waals surface area contributed by atoms with Crippen LogP contribution in [0.5, 0.6) is 0 Å².